The Hall–Kier alpha value is -3.71. The zero-order chi connectivity index (χ0) is 37.1. The van der Waals surface area contributed by atoms with Gasteiger partial charge in [0.15, 0.2) is 35.8 Å². The Kier molecular flexibility index (Phi) is 15.5. The fourth-order valence-electron chi connectivity index (χ4n) is 5.20. The monoisotopic (exact) mass is 744 g/mol. The molecule has 0 N–H and O–H groups in total. The van der Waals surface area contributed by atoms with E-state index in [4.69, 9.17) is 42.6 Å². The molecule has 16 nitrogen and oxygen atoms in total. The molecule has 0 spiro atoms. The lowest BCUT2D eigenvalue weighted by Gasteiger charge is -2.49. The summed E-state index contributed by atoms with van der Waals surface area (Å²) in [5.41, 5.74) is -1.03. The summed E-state index contributed by atoms with van der Waals surface area (Å²) in [7, 11) is 0. The van der Waals surface area contributed by atoms with Crippen LogP contribution in [-0.4, -0.2) is 114 Å². The van der Waals surface area contributed by atoms with E-state index in [0.29, 0.717) is 4.90 Å². The Morgan fingerprint density at radius 3 is 1.60 bits per heavy atom. The smallest absolute Gasteiger partial charge is 0.303 e. The topological polar surface area (TPSA) is 203 Å². The van der Waals surface area contributed by atoms with Crippen molar-refractivity contribution in [3.05, 3.63) is 30.3 Å². The Balaban J connectivity index is 2.19. The van der Waals surface area contributed by atoms with Crippen molar-refractivity contribution in [2.45, 2.75) is 113 Å². The lowest BCUT2D eigenvalue weighted by atomic mass is 9.97. The van der Waals surface area contributed by atoms with E-state index in [1.807, 2.05) is 0 Å². The van der Waals surface area contributed by atoms with E-state index in [2.05, 4.69) is 0 Å². The quantitative estimate of drug-likeness (QED) is 0.210. The Labute approximate surface area is 296 Å². The lowest BCUT2D eigenvalue weighted by Crippen LogP contribution is -2.66. The standard InChI is InChI=1S/C32H40O16S2/c1-15(33)40-13-23-25(42-17(3)35)26(43-18(4)36)28(44-19(5)37)31(46-23)48-27-29(45-20(6)38)32(50-22-11-9-8-10-12-22)47-24(14-41-16(2)34)30(27)49-21(7)39/h8-12,23-32H,13-14H2,1-7H3/t23-,24-,25-,26+,27-,28-,29-,30-,31+,32+/m1/s1. The van der Waals surface area contributed by atoms with Crippen LogP contribution in [0, 0.1) is 0 Å². The van der Waals surface area contributed by atoms with Crippen LogP contribution in [0.3, 0.4) is 0 Å². The molecule has 0 aliphatic carbocycles. The summed E-state index contributed by atoms with van der Waals surface area (Å²) in [6.45, 7) is 7.13. The Bertz CT molecular complexity index is 1390. The molecule has 2 fully saturated rings. The van der Waals surface area contributed by atoms with E-state index < -0.39 is 107 Å². The number of rotatable bonds is 13. The van der Waals surface area contributed by atoms with Crippen LogP contribution in [0.15, 0.2) is 35.2 Å². The highest BCUT2D eigenvalue weighted by atomic mass is 32.2. The van der Waals surface area contributed by atoms with Crippen molar-refractivity contribution in [1.29, 1.82) is 0 Å². The third-order valence-corrected chi connectivity index (χ3v) is 9.21. The van der Waals surface area contributed by atoms with Gasteiger partial charge in [0, 0.05) is 53.4 Å². The Morgan fingerprint density at radius 1 is 0.580 bits per heavy atom. The van der Waals surface area contributed by atoms with Crippen molar-refractivity contribution in [3.63, 3.8) is 0 Å². The second-order valence-corrected chi connectivity index (χ2v) is 13.6. The zero-order valence-electron chi connectivity index (χ0n) is 28.4. The molecule has 0 saturated carbocycles. The van der Waals surface area contributed by atoms with Crippen LogP contribution in [0.2, 0.25) is 0 Å². The van der Waals surface area contributed by atoms with Gasteiger partial charge >= 0.3 is 35.8 Å². The molecule has 0 radical (unpaired) electrons. The van der Waals surface area contributed by atoms with Crippen LogP contribution in [-0.2, 0) is 76.2 Å². The third-order valence-electron chi connectivity index (χ3n) is 6.88. The molecule has 0 aromatic heterocycles. The van der Waals surface area contributed by atoms with Crippen molar-refractivity contribution in [3.8, 4) is 0 Å². The predicted molar refractivity (Wildman–Crippen MR) is 172 cm³/mol. The normalized spacial score (nSPS) is 29.1. The zero-order valence-corrected chi connectivity index (χ0v) is 30.1. The number of esters is 6. The van der Waals surface area contributed by atoms with Crippen molar-refractivity contribution >= 4 is 64.5 Å². The van der Waals surface area contributed by atoms with Gasteiger partial charge in [-0.3, -0.25) is 33.6 Å². The minimum absolute atomic E-state index is 0.336. The van der Waals surface area contributed by atoms with Crippen LogP contribution >= 0.6 is 23.5 Å². The summed E-state index contributed by atoms with van der Waals surface area (Å²) in [5.74, 6) is -4.64. The van der Waals surface area contributed by atoms with Crippen LogP contribution in [0.25, 0.3) is 0 Å². The highest BCUT2D eigenvalue weighted by Crippen LogP contribution is 2.42. The molecule has 2 aliphatic rings. The number of benzene rings is 1. The van der Waals surface area contributed by atoms with Gasteiger partial charge in [-0.15, -0.1) is 0 Å². The third kappa shape index (κ3) is 12.3. The van der Waals surface area contributed by atoms with Gasteiger partial charge in [0.2, 0.25) is 0 Å². The average Bonchev–Trinajstić information content (AvgIpc) is 3.00. The SMILES string of the molecule is CC(=O)OC[C@H]1O[C@@H](O[C@@H]2[C@@H](OC(C)=O)[C@H](Sc3ccccc3)O[C@H](COC(C)=O)[C@H]2SC(C)=O)[C@H](OC(C)=O)[C@@H](OC(C)=O)[C@@H]1OC(C)=O. The molecule has 2 aliphatic heterocycles. The second-order valence-electron chi connectivity index (χ2n) is 11.1. The van der Waals surface area contributed by atoms with E-state index in [0.717, 1.165) is 58.1 Å². The van der Waals surface area contributed by atoms with E-state index in [1.165, 1.54) is 13.8 Å². The molecule has 10 atom stereocenters. The van der Waals surface area contributed by atoms with Gasteiger partial charge in [0.1, 0.15) is 37.0 Å². The van der Waals surface area contributed by atoms with Crippen LogP contribution in [0.1, 0.15) is 48.5 Å². The first kappa shape index (κ1) is 40.7. The molecule has 3 rings (SSSR count). The van der Waals surface area contributed by atoms with Crippen LogP contribution in [0.5, 0.6) is 0 Å². The van der Waals surface area contributed by atoms with E-state index >= 15 is 0 Å². The molecular formula is C32H40O16S2. The van der Waals surface area contributed by atoms with E-state index in [1.54, 1.807) is 30.3 Å². The van der Waals surface area contributed by atoms with Crippen molar-refractivity contribution in [2.75, 3.05) is 13.2 Å². The number of hydrogen-bond donors (Lipinski definition) is 0. The molecule has 1 aromatic rings. The summed E-state index contributed by atoms with van der Waals surface area (Å²) in [6.07, 6.45) is -11.3. The largest absolute Gasteiger partial charge is 0.463 e. The van der Waals surface area contributed by atoms with Gasteiger partial charge in [-0.25, -0.2) is 0 Å². The van der Waals surface area contributed by atoms with Crippen LogP contribution in [0.4, 0.5) is 0 Å². The minimum Gasteiger partial charge on any atom is -0.463 e. The lowest BCUT2D eigenvalue weighted by molar-refractivity contribution is -0.328. The molecule has 0 bridgehead atoms. The van der Waals surface area contributed by atoms with Gasteiger partial charge in [-0.05, 0) is 12.1 Å². The molecule has 50 heavy (non-hydrogen) atoms. The number of carbonyl (C=O) groups is 7. The second kappa shape index (κ2) is 19.1. The maximum atomic E-state index is 12.6. The van der Waals surface area contributed by atoms with Crippen molar-refractivity contribution < 1.29 is 76.2 Å². The molecule has 0 amide bonds. The van der Waals surface area contributed by atoms with E-state index in [9.17, 15) is 33.6 Å². The number of thioether (sulfide) groups is 2. The summed E-state index contributed by atoms with van der Waals surface area (Å²) < 4.78 is 51.7. The van der Waals surface area contributed by atoms with Gasteiger partial charge in [0.25, 0.3) is 0 Å². The molecule has 2 saturated heterocycles. The van der Waals surface area contributed by atoms with Gasteiger partial charge in [0.05, 0.1) is 5.25 Å². The van der Waals surface area contributed by atoms with Crippen molar-refractivity contribution in [1.82, 2.24) is 0 Å². The van der Waals surface area contributed by atoms with Crippen molar-refractivity contribution in [2.24, 2.45) is 0 Å². The summed E-state index contributed by atoms with van der Waals surface area (Å²) in [6, 6.07) is 8.93. The summed E-state index contributed by atoms with van der Waals surface area (Å²) in [5, 5.41) is -1.45. The van der Waals surface area contributed by atoms with E-state index in [-0.39, 0.29) is 6.61 Å². The fraction of sp³-hybridized carbons (Fsp3) is 0.594. The van der Waals surface area contributed by atoms with Gasteiger partial charge in [-0.1, -0.05) is 41.7 Å². The highest BCUT2D eigenvalue weighted by molar-refractivity contribution is 8.14. The first-order valence-corrected chi connectivity index (χ1v) is 17.1. The maximum Gasteiger partial charge on any atom is 0.303 e. The molecule has 0 unspecified atom stereocenters. The van der Waals surface area contributed by atoms with Crippen LogP contribution < -0.4 is 0 Å². The Morgan fingerprint density at radius 2 is 1.08 bits per heavy atom. The van der Waals surface area contributed by atoms with Gasteiger partial charge < -0.3 is 42.6 Å². The first-order chi connectivity index (χ1) is 23.5. The molecule has 18 heteroatoms. The minimum atomic E-state index is -1.69. The summed E-state index contributed by atoms with van der Waals surface area (Å²) >= 11 is 1.91. The molecular weight excluding hydrogens is 704 g/mol. The average molecular weight is 745 g/mol. The maximum absolute atomic E-state index is 12.6. The summed E-state index contributed by atoms with van der Waals surface area (Å²) in [4.78, 5) is 86.5. The highest BCUT2D eigenvalue weighted by Gasteiger charge is 2.57. The molecule has 2 heterocycles. The fourth-order valence-corrected chi connectivity index (χ4v) is 7.36. The van der Waals surface area contributed by atoms with Gasteiger partial charge in [-0.2, -0.15) is 0 Å². The number of carbonyl (C=O) groups excluding carboxylic acids is 7. The number of hydrogen-bond acceptors (Lipinski definition) is 18. The number of ether oxygens (including phenoxy) is 9. The predicted octanol–water partition coefficient (Wildman–Crippen LogP) is 2.12. The first-order valence-electron chi connectivity index (χ1n) is 15.4. The molecule has 1 aromatic carbocycles. The molecule has 276 valence electrons.